The summed E-state index contributed by atoms with van der Waals surface area (Å²) in [5.41, 5.74) is -4.56. The van der Waals surface area contributed by atoms with Crippen LogP contribution in [0.4, 0.5) is 27.2 Å². The third-order valence-electron chi connectivity index (χ3n) is 16.5. The minimum Gasteiger partial charge on any atom is -0.482 e. The zero-order chi connectivity index (χ0) is 62.8. The second kappa shape index (κ2) is 25.7. The van der Waals surface area contributed by atoms with E-state index >= 15 is 0 Å². The van der Waals surface area contributed by atoms with Crippen LogP contribution >= 0.6 is 0 Å². The number of oxime groups is 2. The molecular formula is C60H72F4N8O15. The molecule has 0 radical (unpaired) electrons. The molecule has 0 saturated carbocycles. The van der Waals surface area contributed by atoms with Crippen molar-refractivity contribution in [2.24, 2.45) is 22.1 Å². The standard InChI is InChI=1S/C30H34F2N4O8.C30H34F2N4O7.2H2/c1-16(2)8-10-42-29(40)43-26-24-28(39)35-15-22(30(9-7-17(35)3)12-23(41-4)34-44-30)36(24)14-20(25(26)37)27(38)33-13-18-5-6-19(31)11-21(18)32;1-16(2)8-10-41-29(40)42-26-24-28(39)35-15-23(30(9-7-18(35)4)12-17(3)34-43-30)36(24)14-21(25(26)37)27(38)33-13-19-5-6-20(31)11-22(19)32;;/h5-6,11,14,16-17,22H,7-10,12-13,15H2,1-4H3,(H,33,38);5-6,11,14,16,18,23H,7-10,12-13,15H2,1-4H3,(H,33,38);2*1H/t17-,22+,30-;18-,23+,30-;;/m00../s1. The zero-order valence-electron chi connectivity index (χ0n) is 49.3. The lowest BCUT2D eigenvalue weighted by Gasteiger charge is -2.42. The molecule has 23 nitrogen and oxygen atoms in total. The fourth-order valence-corrected chi connectivity index (χ4v) is 11.5. The highest BCUT2D eigenvalue weighted by Gasteiger charge is 2.56. The minimum atomic E-state index is -1.21. The quantitative estimate of drug-likeness (QED) is 0.0883. The molecule has 6 aliphatic rings. The molecule has 0 unspecified atom stereocenters. The summed E-state index contributed by atoms with van der Waals surface area (Å²) < 4.78 is 84.6. The van der Waals surface area contributed by atoms with E-state index in [1.165, 1.54) is 40.8 Å². The molecule has 2 aromatic heterocycles. The Morgan fingerprint density at radius 2 is 1.09 bits per heavy atom. The molecule has 2 fully saturated rings. The number of pyridine rings is 2. The van der Waals surface area contributed by atoms with Crippen LogP contribution in [-0.2, 0) is 37.0 Å². The maximum absolute atomic E-state index is 14.2. The van der Waals surface area contributed by atoms with E-state index in [4.69, 9.17) is 33.4 Å². The number of methoxy groups -OCH3 is 1. The molecule has 8 heterocycles. The Bertz CT molecular complexity index is 3600. The van der Waals surface area contributed by atoms with Crippen LogP contribution in [0, 0.1) is 35.1 Å². The van der Waals surface area contributed by atoms with Crippen LogP contribution in [-0.4, -0.2) is 123 Å². The number of carbonyl (C=O) groups is 6. The third-order valence-corrected chi connectivity index (χ3v) is 16.5. The Hall–Kier alpha value is -8.78. The van der Waals surface area contributed by atoms with E-state index in [-0.39, 0.29) is 95.1 Å². The van der Waals surface area contributed by atoms with Crippen molar-refractivity contribution in [3.63, 3.8) is 0 Å². The van der Waals surface area contributed by atoms with E-state index in [1.54, 1.807) is 9.80 Å². The Morgan fingerprint density at radius 1 is 0.667 bits per heavy atom. The van der Waals surface area contributed by atoms with Gasteiger partial charge in [0.05, 0.1) is 44.5 Å². The van der Waals surface area contributed by atoms with Gasteiger partial charge in [0.15, 0.2) is 22.6 Å². The summed E-state index contributed by atoms with van der Waals surface area (Å²) in [5, 5.41) is 13.2. The predicted molar refractivity (Wildman–Crippen MR) is 306 cm³/mol. The van der Waals surface area contributed by atoms with E-state index in [9.17, 15) is 55.9 Å². The van der Waals surface area contributed by atoms with Gasteiger partial charge in [-0.1, -0.05) is 50.1 Å². The third kappa shape index (κ3) is 13.0. The van der Waals surface area contributed by atoms with E-state index in [0.29, 0.717) is 63.0 Å². The highest BCUT2D eigenvalue weighted by Crippen LogP contribution is 2.48. The largest absolute Gasteiger partial charge is 0.514 e. The lowest BCUT2D eigenvalue weighted by Crippen LogP contribution is -2.52. The summed E-state index contributed by atoms with van der Waals surface area (Å²) in [6.45, 7) is 13.0. The second-order valence-electron chi connectivity index (χ2n) is 23.4. The number of aromatic nitrogens is 2. The number of nitrogens with zero attached hydrogens (tertiary/aromatic N) is 6. The van der Waals surface area contributed by atoms with Crippen LogP contribution in [0.2, 0.25) is 0 Å². The molecule has 4 aromatic rings. The SMILES string of the molecule is CC1=NO[C@@]2(CC[C@H](C)N3C[C@H]2n2cc(C(=O)NCc4ccc(F)cc4F)c(=O)c(OC(=O)OCCC(C)C)c2C3=O)C1.COC1=NO[C@@]2(CC[C@H](C)N3C[C@H]2n2cc(C(=O)NCc4ccc(F)cc4F)c(=O)c(OC(=O)OCCC(C)C)c2C3=O)C1.[HH].[HH]. The molecular weight excluding hydrogens is 1150 g/mol. The number of benzene rings is 2. The van der Waals surface area contributed by atoms with E-state index in [1.807, 2.05) is 48.5 Å². The number of halogens is 4. The zero-order valence-corrected chi connectivity index (χ0v) is 49.3. The number of hydrogen-bond acceptors (Lipinski definition) is 17. The molecule has 4 amide bonds. The van der Waals surface area contributed by atoms with Gasteiger partial charge >= 0.3 is 12.3 Å². The Morgan fingerprint density at radius 3 is 1.47 bits per heavy atom. The Kier molecular flexibility index (Phi) is 18.5. The van der Waals surface area contributed by atoms with Crippen molar-refractivity contribution < 1.29 is 82.5 Å². The molecule has 87 heavy (non-hydrogen) atoms. The number of ether oxygens (including phenoxy) is 5. The van der Waals surface area contributed by atoms with Gasteiger partial charge in [-0.15, -0.1) is 0 Å². The number of fused-ring (bicyclic) bond motifs is 10. The summed E-state index contributed by atoms with van der Waals surface area (Å²) in [7, 11) is 1.46. The van der Waals surface area contributed by atoms with Crippen molar-refractivity contribution in [1.29, 1.82) is 0 Å². The molecule has 6 aliphatic heterocycles. The smallest absolute Gasteiger partial charge is 0.482 e. The maximum atomic E-state index is 14.2. The Labute approximate surface area is 499 Å². The first kappa shape index (κ1) is 62.7. The molecule has 0 aliphatic carbocycles. The number of rotatable bonds is 14. The number of carbonyl (C=O) groups excluding carboxylic acids is 6. The lowest BCUT2D eigenvalue weighted by molar-refractivity contribution is -0.0658. The molecule has 2 spiro atoms. The lowest BCUT2D eigenvalue weighted by atomic mass is 9.84. The monoisotopic (exact) mass is 1220 g/mol. The summed E-state index contributed by atoms with van der Waals surface area (Å²) in [5.74, 6) is -6.78. The van der Waals surface area contributed by atoms with Crippen molar-refractivity contribution in [3.8, 4) is 11.5 Å². The van der Waals surface area contributed by atoms with Crippen molar-refractivity contribution >= 4 is 47.5 Å². The Balaban J connectivity index is 0.000000248. The highest BCUT2D eigenvalue weighted by molar-refractivity contribution is 6.01. The maximum Gasteiger partial charge on any atom is 0.514 e. The van der Waals surface area contributed by atoms with Gasteiger partial charge in [0, 0.05) is 83.2 Å². The van der Waals surface area contributed by atoms with Crippen LogP contribution in [0.5, 0.6) is 11.5 Å². The van der Waals surface area contributed by atoms with Gasteiger partial charge < -0.3 is 62.9 Å². The predicted octanol–water partition coefficient (Wildman–Crippen LogP) is 8.74. The fourth-order valence-electron chi connectivity index (χ4n) is 11.5. The van der Waals surface area contributed by atoms with Crippen molar-refractivity contribution in [1.82, 2.24) is 29.6 Å². The average Bonchev–Trinajstić information content (AvgIpc) is 1.77. The second-order valence-corrected chi connectivity index (χ2v) is 23.4. The number of hydrogen-bond donors (Lipinski definition) is 2. The first-order chi connectivity index (χ1) is 41.3. The number of amides is 4. The summed E-state index contributed by atoms with van der Waals surface area (Å²) in [6.07, 6.45) is 3.98. The van der Waals surface area contributed by atoms with Crippen LogP contribution in [0.25, 0.3) is 0 Å². The average molecular weight is 1220 g/mol. The van der Waals surface area contributed by atoms with Gasteiger partial charge in [-0.25, -0.2) is 27.2 Å². The molecule has 2 aromatic carbocycles. The van der Waals surface area contributed by atoms with E-state index in [2.05, 4.69) is 20.9 Å². The molecule has 470 valence electrons. The molecule has 27 heteroatoms. The molecule has 2 saturated heterocycles. The van der Waals surface area contributed by atoms with Crippen LogP contribution in [0.3, 0.4) is 0 Å². The van der Waals surface area contributed by atoms with Crippen LogP contribution in [0.15, 0.2) is 68.7 Å². The summed E-state index contributed by atoms with van der Waals surface area (Å²) >= 11 is 0. The molecule has 10 rings (SSSR count). The number of nitrogens with one attached hydrogen (secondary N) is 2. The van der Waals surface area contributed by atoms with Crippen molar-refractivity contribution in [2.75, 3.05) is 33.4 Å². The molecule has 6 atom stereocenters. The molecule has 2 N–H and O–H groups in total. The van der Waals surface area contributed by atoms with E-state index < -0.39 is 116 Å². The summed E-state index contributed by atoms with van der Waals surface area (Å²) in [4.78, 5) is 123. The van der Waals surface area contributed by atoms with Gasteiger partial charge in [-0.2, -0.15) is 0 Å². The van der Waals surface area contributed by atoms with Crippen molar-refractivity contribution in [2.45, 2.75) is 148 Å². The van der Waals surface area contributed by atoms with Gasteiger partial charge in [0.2, 0.25) is 28.3 Å². The highest BCUT2D eigenvalue weighted by atomic mass is 19.1. The van der Waals surface area contributed by atoms with Gasteiger partial charge in [0.1, 0.15) is 34.4 Å². The van der Waals surface area contributed by atoms with Crippen LogP contribution < -0.4 is 31.0 Å². The van der Waals surface area contributed by atoms with Gasteiger partial charge in [-0.05, 0) is 83.3 Å². The summed E-state index contributed by atoms with van der Waals surface area (Å²) in [6, 6.07) is 4.04. The fraction of sp³-hybridized carbons (Fsp3) is 0.500. The van der Waals surface area contributed by atoms with Crippen molar-refractivity contribution in [3.05, 3.63) is 126 Å². The van der Waals surface area contributed by atoms with Crippen LogP contribution in [0.1, 0.15) is 168 Å². The minimum absolute atomic E-state index is 0. The normalized spacial score (nSPS) is 22.4. The van der Waals surface area contributed by atoms with E-state index in [0.717, 1.165) is 17.8 Å². The van der Waals surface area contributed by atoms with Gasteiger partial charge in [0.25, 0.3) is 23.6 Å². The first-order valence-electron chi connectivity index (χ1n) is 28.7. The first-order valence-corrected chi connectivity index (χ1v) is 28.7. The molecule has 4 bridgehead atoms. The van der Waals surface area contributed by atoms with Gasteiger partial charge in [-0.3, -0.25) is 28.8 Å². The topological polar surface area (TPSA) is 266 Å².